The number of esters is 2. The van der Waals surface area contributed by atoms with Gasteiger partial charge < -0.3 is 19.3 Å². The third-order valence-electron chi connectivity index (χ3n) is 8.95. The summed E-state index contributed by atoms with van der Waals surface area (Å²) >= 11 is 11.4. The van der Waals surface area contributed by atoms with Gasteiger partial charge >= 0.3 is 11.9 Å². The van der Waals surface area contributed by atoms with Crippen molar-refractivity contribution in [1.29, 1.82) is 0 Å². The largest absolute Gasteiger partial charge is 0.507 e. The van der Waals surface area contributed by atoms with Gasteiger partial charge in [-0.1, -0.05) is 31.7 Å². The smallest absolute Gasteiger partial charge is 0.326 e. The molecule has 0 bridgehead atoms. The van der Waals surface area contributed by atoms with Crippen LogP contribution in [0.3, 0.4) is 0 Å². The van der Waals surface area contributed by atoms with Crippen molar-refractivity contribution in [2.45, 2.75) is 82.7 Å². The monoisotopic (exact) mass is 560 g/mol. The van der Waals surface area contributed by atoms with E-state index < -0.39 is 17.5 Å². The lowest BCUT2D eigenvalue weighted by Crippen LogP contribution is -2.57. The van der Waals surface area contributed by atoms with Crippen molar-refractivity contribution in [2.24, 2.45) is 5.92 Å². The molecular formula is C30H34Cl2O6. The maximum Gasteiger partial charge on any atom is 0.326 e. The molecule has 2 saturated carbocycles. The molecule has 0 aromatic heterocycles. The van der Waals surface area contributed by atoms with Gasteiger partial charge in [-0.2, -0.15) is 0 Å². The molecule has 0 unspecified atom stereocenters. The molecule has 0 saturated heterocycles. The normalized spacial score (nSPS) is 23.6. The molecule has 2 aromatic rings. The van der Waals surface area contributed by atoms with Crippen LogP contribution < -0.4 is 14.2 Å². The molecule has 5 rings (SSSR count). The summed E-state index contributed by atoms with van der Waals surface area (Å²) in [6.07, 6.45) is 9.35. The van der Waals surface area contributed by atoms with Crippen LogP contribution in [0.15, 0.2) is 24.3 Å². The highest BCUT2D eigenvalue weighted by Crippen LogP contribution is 2.65. The Morgan fingerprint density at radius 1 is 0.868 bits per heavy atom. The Morgan fingerprint density at radius 2 is 1.45 bits per heavy atom. The van der Waals surface area contributed by atoms with E-state index in [-0.39, 0.29) is 34.6 Å². The van der Waals surface area contributed by atoms with Gasteiger partial charge in [0, 0.05) is 33.6 Å². The molecular weight excluding hydrogens is 527 g/mol. The number of phenols is 1. The maximum absolute atomic E-state index is 12.0. The molecule has 2 fully saturated rings. The van der Waals surface area contributed by atoms with E-state index in [0.29, 0.717) is 16.9 Å². The number of carbonyl (C=O) groups is 2. The number of ether oxygens (including phenoxy) is 3. The number of carbonyl (C=O) groups excluding carboxylic acids is 2. The van der Waals surface area contributed by atoms with Crippen molar-refractivity contribution in [1.82, 2.24) is 0 Å². The third-order valence-corrected chi connectivity index (χ3v) is 9.38. The number of hydrogen-bond donors (Lipinski definition) is 1. The fourth-order valence-electron chi connectivity index (χ4n) is 7.28. The minimum absolute atomic E-state index is 0.0774. The Bertz CT molecular complexity index is 1250. The molecule has 0 radical (unpaired) electrons. The molecule has 3 aliphatic rings. The van der Waals surface area contributed by atoms with Crippen LogP contribution in [-0.4, -0.2) is 28.8 Å². The van der Waals surface area contributed by atoms with E-state index in [9.17, 15) is 14.7 Å². The van der Waals surface area contributed by atoms with Crippen LogP contribution in [0.5, 0.6) is 23.0 Å². The zero-order valence-corrected chi connectivity index (χ0v) is 23.4. The summed E-state index contributed by atoms with van der Waals surface area (Å²) in [5.41, 5.74) is 2.24. The summed E-state index contributed by atoms with van der Waals surface area (Å²) in [5.74, 6) is 0.104. The second-order valence-corrected chi connectivity index (χ2v) is 11.4. The standard InChI is InChI=1S/C30H34Cl2O6/c1-18-22(36-25(33)16-31)11-9-20(27(18)35)30-15-7-4-8-24(30)29(13-5-3-6-14-29)21-10-12-23(37-26(34)17-32)19(2)28(21)38-30/h9-12,24,35H,3-8,13-17H2,1-2H3/t24-,30-/m0/s1. The Kier molecular flexibility index (Phi) is 7.58. The number of fused-ring (bicyclic) bond motifs is 4. The van der Waals surface area contributed by atoms with Gasteiger partial charge in [0.05, 0.1) is 0 Å². The third kappa shape index (κ3) is 4.34. The fraction of sp³-hybridized carbons (Fsp3) is 0.533. The van der Waals surface area contributed by atoms with Crippen LogP contribution in [0, 0.1) is 19.8 Å². The summed E-state index contributed by atoms with van der Waals surface area (Å²) in [4.78, 5) is 23.9. The quantitative estimate of drug-likeness (QED) is 0.241. The molecule has 1 aliphatic heterocycles. The molecule has 2 aliphatic carbocycles. The highest BCUT2D eigenvalue weighted by atomic mass is 35.5. The first kappa shape index (κ1) is 27.1. The van der Waals surface area contributed by atoms with Crippen LogP contribution >= 0.6 is 23.2 Å². The van der Waals surface area contributed by atoms with Crippen molar-refractivity contribution in [3.63, 3.8) is 0 Å². The molecule has 0 amide bonds. The summed E-state index contributed by atoms with van der Waals surface area (Å²) in [6, 6.07) is 7.51. The zero-order chi connectivity index (χ0) is 27.1. The van der Waals surface area contributed by atoms with Crippen molar-refractivity contribution in [2.75, 3.05) is 11.8 Å². The van der Waals surface area contributed by atoms with Crippen LogP contribution in [0.1, 0.15) is 80.0 Å². The minimum Gasteiger partial charge on any atom is -0.507 e. The average molecular weight is 562 g/mol. The van der Waals surface area contributed by atoms with Gasteiger partial charge in [-0.3, -0.25) is 9.59 Å². The van der Waals surface area contributed by atoms with E-state index in [1.54, 1.807) is 13.0 Å². The molecule has 6 nitrogen and oxygen atoms in total. The highest BCUT2D eigenvalue weighted by Gasteiger charge is 2.60. The lowest BCUT2D eigenvalue weighted by molar-refractivity contribution is -0.132. The van der Waals surface area contributed by atoms with Gasteiger partial charge in [0.1, 0.15) is 40.4 Å². The van der Waals surface area contributed by atoms with Gasteiger partial charge in [-0.05, 0) is 64.2 Å². The van der Waals surface area contributed by atoms with Crippen LogP contribution in [-0.2, 0) is 20.6 Å². The van der Waals surface area contributed by atoms with E-state index >= 15 is 0 Å². The number of aromatic hydroxyl groups is 1. The Balaban J connectivity index is 1.70. The number of alkyl halides is 2. The van der Waals surface area contributed by atoms with E-state index in [0.717, 1.165) is 62.7 Å². The van der Waals surface area contributed by atoms with Gasteiger partial charge in [0.2, 0.25) is 0 Å². The van der Waals surface area contributed by atoms with E-state index in [1.807, 2.05) is 19.1 Å². The van der Waals surface area contributed by atoms with Gasteiger partial charge in [-0.15, -0.1) is 23.2 Å². The Morgan fingerprint density at radius 3 is 2.08 bits per heavy atom. The zero-order valence-electron chi connectivity index (χ0n) is 21.9. The summed E-state index contributed by atoms with van der Waals surface area (Å²) in [5, 5.41) is 11.6. The number of rotatable bonds is 5. The maximum atomic E-state index is 12.0. The first-order chi connectivity index (χ1) is 18.3. The fourth-order valence-corrected chi connectivity index (χ4v) is 7.39. The number of halogens is 2. The van der Waals surface area contributed by atoms with Crippen molar-refractivity contribution >= 4 is 35.1 Å². The van der Waals surface area contributed by atoms with Crippen molar-refractivity contribution in [3.8, 4) is 23.0 Å². The molecule has 2 atom stereocenters. The lowest BCUT2D eigenvalue weighted by Gasteiger charge is -2.59. The Hall–Kier alpha value is -2.44. The first-order valence-corrected chi connectivity index (χ1v) is 14.5. The van der Waals surface area contributed by atoms with E-state index in [1.165, 1.54) is 12.0 Å². The summed E-state index contributed by atoms with van der Waals surface area (Å²) in [6.45, 7) is 3.66. The van der Waals surface area contributed by atoms with Crippen LogP contribution in [0.4, 0.5) is 0 Å². The van der Waals surface area contributed by atoms with Gasteiger partial charge in [-0.25, -0.2) is 0 Å². The van der Waals surface area contributed by atoms with Crippen LogP contribution in [0.25, 0.3) is 0 Å². The predicted octanol–water partition coefficient (Wildman–Crippen LogP) is 6.98. The second kappa shape index (κ2) is 10.6. The minimum atomic E-state index is -0.771. The second-order valence-electron chi connectivity index (χ2n) is 10.9. The lowest BCUT2D eigenvalue weighted by atomic mass is 9.51. The highest BCUT2D eigenvalue weighted by molar-refractivity contribution is 6.26. The van der Waals surface area contributed by atoms with Gasteiger partial charge in [0.25, 0.3) is 0 Å². The van der Waals surface area contributed by atoms with E-state index in [4.69, 9.17) is 37.4 Å². The molecule has 2 aromatic carbocycles. The summed E-state index contributed by atoms with van der Waals surface area (Å²) in [7, 11) is 0. The molecule has 1 spiro atoms. The molecule has 1 N–H and O–H groups in total. The Labute approximate surface area is 233 Å². The van der Waals surface area contributed by atoms with Crippen molar-refractivity contribution < 1.29 is 28.9 Å². The SMILES string of the molecule is Cc1c(OC(=O)CCl)ccc([C@@]23CCCC[C@H]2C2(CCCCC2)c2ccc(OC(=O)CCl)c(C)c2O3)c1O. The van der Waals surface area contributed by atoms with Gasteiger partial charge in [0.15, 0.2) is 0 Å². The topological polar surface area (TPSA) is 82.1 Å². The molecule has 204 valence electrons. The first-order valence-electron chi connectivity index (χ1n) is 13.5. The summed E-state index contributed by atoms with van der Waals surface area (Å²) < 4.78 is 18.0. The molecule has 38 heavy (non-hydrogen) atoms. The molecule has 8 heteroatoms. The van der Waals surface area contributed by atoms with Crippen molar-refractivity contribution in [3.05, 3.63) is 46.5 Å². The predicted molar refractivity (Wildman–Crippen MR) is 146 cm³/mol. The average Bonchev–Trinajstić information content (AvgIpc) is 2.93. The number of benzene rings is 2. The van der Waals surface area contributed by atoms with E-state index in [2.05, 4.69) is 6.07 Å². The van der Waals surface area contributed by atoms with Crippen LogP contribution in [0.2, 0.25) is 0 Å². The number of phenolic OH excluding ortho intramolecular Hbond substituents is 1. The molecule has 1 heterocycles. The number of hydrogen-bond acceptors (Lipinski definition) is 6.